The van der Waals surface area contributed by atoms with Crippen molar-refractivity contribution in [2.75, 3.05) is 26.2 Å². The summed E-state index contributed by atoms with van der Waals surface area (Å²) in [5.41, 5.74) is 0.454. The maximum Gasteiger partial charge on any atom is 0.0835 e. The molecule has 1 heteroatoms. The zero-order valence-electron chi connectivity index (χ0n) is 14.0. The van der Waals surface area contributed by atoms with E-state index in [1.165, 1.54) is 69.2 Å². The number of hydrogen-bond donors (Lipinski definition) is 0. The third-order valence-corrected chi connectivity index (χ3v) is 3.77. The summed E-state index contributed by atoms with van der Waals surface area (Å²) in [6.07, 6.45) is 8.18. The Morgan fingerprint density at radius 1 is 0.667 bits per heavy atom. The molecule has 0 radical (unpaired) electrons. The fraction of sp³-hybridized carbons (Fsp3) is 1.00. The molecular formula is C17H38N+. The molecule has 0 aromatic heterocycles. The molecule has 0 aromatic carbocycles. The molecule has 1 nitrogen and oxygen atoms in total. The topological polar surface area (TPSA) is 0 Å². The van der Waals surface area contributed by atoms with E-state index in [2.05, 4.69) is 41.5 Å². The molecule has 0 unspecified atom stereocenters. The minimum Gasteiger partial charge on any atom is -0.323 e. The molecule has 0 aromatic rings. The lowest BCUT2D eigenvalue weighted by atomic mass is 9.93. The quantitative estimate of drug-likeness (QED) is 0.468. The highest BCUT2D eigenvalue weighted by molar-refractivity contribution is 4.62. The second kappa shape index (κ2) is 8.96. The Morgan fingerprint density at radius 3 is 1.22 bits per heavy atom. The summed E-state index contributed by atoms with van der Waals surface area (Å²) in [5.74, 6) is 0. The van der Waals surface area contributed by atoms with Crippen molar-refractivity contribution in [3.05, 3.63) is 0 Å². The predicted octanol–water partition coefficient (Wildman–Crippen LogP) is 5.25. The lowest BCUT2D eigenvalue weighted by Gasteiger charge is -2.43. The first kappa shape index (κ1) is 18.0. The van der Waals surface area contributed by atoms with Gasteiger partial charge in [0.25, 0.3) is 0 Å². The second-order valence-electron chi connectivity index (χ2n) is 7.29. The van der Waals surface area contributed by atoms with E-state index in [4.69, 9.17) is 0 Å². The van der Waals surface area contributed by atoms with Crippen LogP contribution in [0.3, 0.4) is 0 Å². The molecule has 0 atom stereocenters. The number of nitrogens with zero attached hydrogens (tertiary/aromatic N) is 1. The van der Waals surface area contributed by atoms with Gasteiger partial charge >= 0.3 is 0 Å². The van der Waals surface area contributed by atoms with E-state index < -0.39 is 0 Å². The van der Waals surface area contributed by atoms with Crippen molar-refractivity contribution in [2.45, 2.75) is 80.1 Å². The van der Waals surface area contributed by atoms with E-state index in [1.807, 2.05) is 0 Å². The van der Waals surface area contributed by atoms with Crippen LogP contribution in [0, 0.1) is 5.41 Å². The van der Waals surface area contributed by atoms with E-state index >= 15 is 0 Å². The van der Waals surface area contributed by atoms with Crippen molar-refractivity contribution < 1.29 is 4.48 Å². The van der Waals surface area contributed by atoms with E-state index in [1.54, 1.807) is 0 Å². The van der Waals surface area contributed by atoms with Crippen LogP contribution >= 0.6 is 0 Å². The number of rotatable bonds is 10. The Kier molecular flexibility index (Phi) is 8.94. The summed E-state index contributed by atoms with van der Waals surface area (Å²) in [7, 11) is 0. The van der Waals surface area contributed by atoms with Gasteiger partial charge in [0, 0.05) is 5.41 Å². The summed E-state index contributed by atoms with van der Waals surface area (Å²) in [6, 6.07) is 0. The maximum atomic E-state index is 2.41. The van der Waals surface area contributed by atoms with Crippen LogP contribution in [0.15, 0.2) is 0 Å². The van der Waals surface area contributed by atoms with Crippen LogP contribution in [0.4, 0.5) is 0 Å². The van der Waals surface area contributed by atoms with Gasteiger partial charge in [-0.25, -0.2) is 0 Å². The first-order chi connectivity index (χ1) is 8.39. The zero-order chi connectivity index (χ0) is 14.1. The van der Waals surface area contributed by atoms with Crippen molar-refractivity contribution in [1.82, 2.24) is 0 Å². The first-order valence-electron chi connectivity index (χ1n) is 8.24. The van der Waals surface area contributed by atoms with Crippen molar-refractivity contribution in [3.8, 4) is 0 Å². The van der Waals surface area contributed by atoms with Crippen LogP contribution in [-0.4, -0.2) is 30.7 Å². The van der Waals surface area contributed by atoms with E-state index in [0.29, 0.717) is 5.41 Å². The van der Waals surface area contributed by atoms with Crippen molar-refractivity contribution in [1.29, 1.82) is 0 Å². The highest BCUT2D eigenvalue weighted by atomic mass is 15.4. The highest BCUT2D eigenvalue weighted by Gasteiger charge is 2.31. The minimum atomic E-state index is 0.454. The third kappa shape index (κ3) is 8.13. The molecule has 0 rings (SSSR count). The molecule has 0 saturated carbocycles. The Labute approximate surface area is 117 Å². The molecule has 0 aliphatic carbocycles. The molecule has 18 heavy (non-hydrogen) atoms. The molecule has 110 valence electrons. The van der Waals surface area contributed by atoms with Gasteiger partial charge in [0.15, 0.2) is 0 Å². The van der Waals surface area contributed by atoms with Crippen LogP contribution in [0.2, 0.25) is 0 Å². The van der Waals surface area contributed by atoms with Gasteiger partial charge in [-0.05, 0) is 19.3 Å². The van der Waals surface area contributed by atoms with Crippen LogP contribution < -0.4 is 0 Å². The third-order valence-electron chi connectivity index (χ3n) is 3.77. The molecule has 0 amide bonds. The summed E-state index contributed by atoms with van der Waals surface area (Å²) in [4.78, 5) is 0. The molecule has 0 fully saturated rings. The molecule has 0 bridgehead atoms. The lowest BCUT2D eigenvalue weighted by molar-refractivity contribution is -0.934. The van der Waals surface area contributed by atoms with Crippen LogP contribution in [-0.2, 0) is 0 Å². The molecule has 0 spiro atoms. The Hall–Kier alpha value is -0.0400. The van der Waals surface area contributed by atoms with Crippen LogP contribution in [0.25, 0.3) is 0 Å². The van der Waals surface area contributed by atoms with E-state index in [-0.39, 0.29) is 0 Å². The van der Waals surface area contributed by atoms with Gasteiger partial charge in [-0.1, -0.05) is 60.8 Å². The normalized spacial score (nSPS) is 13.0. The van der Waals surface area contributed by atoms with Crippen molar-refractivity contribution >= 4 is 0 Å². The molecule has 0 N–H and O–H groups in total. The Balaban J connectivity index is 4.73. The average molecular weight is 256 g/mol. The maximum absolute atomic E-state index is 2.41. The van der Waals surface area contributed by atoms with Crippen LogP contribution in [0.1, 0.15) is 80.1 Å². The summed E-state index contributed by atoms with van der Waals surface area (Å²) in [5, 5.41) is 0. The SMILES string of the molecule is CCCC[N+](CCCC)(CCCC)CC(C)(C)C. The fourth-order valence-electron chi connectivity index (χ4n) is 3.06. The van der Waals surface area contributed by atoms with Gasteiger partial charge in [-0.2, -0.15) is 0 Å². The van der Waals surface area contributed by atoms with E-state index in [0.717, 1.165) is 0 Å². The van der Waals surface area contributed by atoms with Gasteiger partial charge in [0.1, 0.15) is 0 Å². The smallest absolute Gasteiger partial charge is 0.0835 e. The molecule has 0 aliphatic heterocycles. The Morgan fingerprint density at radius 2 is 1.00 bits per heavy atom. The summed E-state index contributed by atoms with van der Waals surface area (Å²) in [6.45, 7) is 19.7. The van der Waals surface area contributed by atoms with Crippen molar-refractivity contribution in [3.63, 3.8) is 0 Å². The largest absolute Gasteiger partial charge is 0.323 e. The number of quaternary nitrogens is 1. The Bertz CT molecular complexity index is 169. The van der Waals surface area contributed by atoms with Crippen LogP contribution in [0.5, 0.6) is 0 Å². The minimum absolute atomic E-state index is 0.454. The standard InChI is InChI=1S/C17H38N/c1-7-10-13-18(14-11-8-2,15-12-9-3)16-17(4,5)6/h7-16H2,1-6H3/q+1. The first-order valence-corrected chi connectivity index (χ1v) is 8.24. The molecule has 0 heterocycles. The number of unbranched alkanes of at least 4 members (excludes halogenated alkanes) is 3. The van der Waals surface area contributed by atoms with Gasteiger partial charge < -0.3 is 4.48 Å². The monoisotopic (exact) mass is 256 g/mol. The summed E-state index contributed by atoms with van der Waals surface area (Å²) < 4.78 is 1.37. The zero-order valence-corrected chi connectivity index (χ0v) is 14.0. The molecule has 0 aliphatic rings. The second-order valence-corrected chi connectivity index (χ2v) is 7.29. The van der Waals surface area contributed by atoms with Gasteiger partial charge in [0.2, 0.25) is 0 Å². The molecule has 0 saturated heterocycles. The van der Waals surface area contributed by atoms with Gasteiger partial charge in [0.05, 0.1) is 26.2 Å². The average Bonchev–Trinajstić information content (AvgIpc) is 2.29. The molecular weight excluding hydrogens is 218 g/mol. The van der Waals surface area contributed by atoms with E-state index in [9.17, 15) is 0 Å². The predicted molar refractivity (Wildman–Crippen MR) is 83.9 cm³/mol. The number of hydrogen-bond acceptors (Lipinski definition) is 0. The summed E-state index contributed by atoms with van der Waals surface area (Å²) >= 11 is 0. The lowest BCUT2D eigenvalue weighted by Crippen LogP contribution is -2.54. The highest BCUT2D eigenvalue weighted by Crippen LogP contribution is 2.24. The van der Waals surface area contributed by atoms with Gasteiger partial charge in [-0.3, -0.25) is 0 Å². The van der Waals surface area contributed by atoms with Crippen molar-refractivity contribution in [2.24, 2.45) is 5.41 Å². The fourth-order valence-corrected chi connectivity index (χ4v) is 3.06. The van der Waals surface area contributed by atoms with Gasteiger partial charge in [-0.15, -0.1) is 0 Å².